The second-order valence-corrected chi connectivity index (χ2v) is 10.6. The van der Waals surface area contributed by atoms with Crippen LogP contribution < -0.4 is 10.6 Å². The average molecular weight is 528 g/mol. The number of carbonyl (C=O) groups excluding carboxylic acids is 1. The molecule has 9 heteroatoms. The van der Waals surface area contributed by atoms with E-state index in [1.807, 2.05) is 7.05 Å². The number of nitrogens with zero attached hydrogens (tertiary/aromatic N) is 1. The fraction of sp³-hybridized carbons (Fsp3) is 0.741. The standard InChI is InChI=1S/C27H43ClFN3O4/c1-30-18-21(17-20-9-4-3-5-10-20)31-26(33)32-14-16-36-24(19-32)27(34,13-6-7-15-35-2)22-11-8-12-23(28)25(22)29/h8,11-12,20-21,24,30,34H,3-7,9-10,13-19H2,1-2H3,(H,31,33)/t21-,24?,27-/m0/s1. The summed E-state index contributed by atoms with van der Waals surface area (Å²) in [7, 11) is 3.52. The first-order valence-electron chi connectivity index (χ1n) is 13.4. The molecule has 1 aliphatic carbocycles. The summed E-state index contributed by atoms with van der Waals surface area (Å²) in [6.45, 7) is 2.08. The van der Waals surface area contributed by atoms with Gasteiger partial charge in [0, 0.05) is 38.4 Å². The van der Waals surface area contributed by atoms with E-state index >= 15 is 4.39 Å². The van der Waals surface area contributed by atoms with Gasteiger partial charge in [-0.15, -0.1) is 0 Å². The molecular weight excluding hydrogens is 485 g/mol. The molecule has 1 heterocycles. The van der Waals surface area contributed by atoms with E-state index in [1.54, 1.807) is 24.1 Å². The smallest absolute Gasteiger partial charge is 0.317 e. The van der Waals surface area contributed by atoms with Crippen LogP contribution in [0.1, 0.15) is 63.4 Å². The number of likely N-dealkylation sites (N-methyl/N-ethyl adjacent to an activating group) is 1. The van der Waals surface area contributed by atoms with Crippen molar-refractivity contribution < 1.29 is 23.8 Å². The minimum atomic E-state index is -1.63. The Kier molecular flexibility index (Phi) is 11.7. The first-order valence-corrected chi connectivity index (χ1v) is 13.7. The number of benzene rings is 1. The summed E-state index contributed by atoms with van der Waals surface area (Å²) in [5, 5.41) is 18.2. The first-order chi connectivity index (χ1) is 17.4. The van der Waals surface area contributed by atoms with Gasteiger partial charge in [-0.05, 0) is 44.7 Å². The van der Waals surface area contributed by atoms with Crippen molar-refractivity contribution in [2.75, 3.05) is 47.0 Å². The van der Waals surface area contributed by atoms with Gasteiger partial charge in [-0.1, -0.05) is 55.8 Å². The van der Waals surface area contributed by atoms with Crippen LogP contribution in [0, 0.1) is 11.7 Å². The quantitative estimate of drug-likeness (QED) is 0.350. The van der Waals surface area contributed by atoms with E-state index in [1.165, 1.54) is 38.2 Å². The van der Waals surface area contributed by atoms with Crippen LogP contribution in [0.2, 0.25) is 5.02 Å². The Bertz CT molecular complexity index is 826. The van der Waals surface area contributed by atoms with Gasteiger partial charge in [-0.3, -0.25) is 0 Å². The first kappa shape index (κ1) is 29.1. The molecule has 1 aliphatic heterocycles. The SMILES string of the molecule is CNC[C@H](CC1CCCCC1)NC(=O)N1CCOC([C@](O)(CCCCOC)c2cccc(Cl)c2F)C1. The number of morpholine rings is 1. The third kappa shape index (κ3) is 7.78. The molecular formula is C27H43ClFN3O4. The van der Waals surface area contributed by atoms with Crippen molar-refractivity contribution in [3.63, 3.8) is 0 Å². The Balaban J connectivity index is 1.72. The van der Waals surface area contributed by atoms with Crippen molar-refractivity contribution in [3.05, 3.63) is 34.6 Å². The lowest BCUT2D eigenvalue weighted by molar-refractivity contribution is -0.147. The lowest BCUT2D eigenvalue weighted by Crippen LogP contribution is -2.58. The predicted molar refractivity (Wildman–Crippen MR) is 140 cm³/mol. The van der Waals surface area contributed by atoms with Gasteiger partial charge in [-0.2, -0.15) is 0 Å². The zero-order valence-corrected chi connectivity index (χ0v) is 22.5. The fourth-order valence-electron chi connectivity index (χ4n) is 5.60. The van der Waals surface area contributed by atoms with Gasteiger partial charge in [0.1, 0.15) is 17.5 Å². The van der Waals surface area contributed by atoms with Crippen LogP contribution in [0.15, 0.2) is 18.2 Å². The number of nitrogens with one attached hydrogen (secondary N) is 2. The van der Waals surface area contributed by atoms with E-state index in [-0.39, 0.29) is 42.2 Å². The molecule has 0 aromatic heterocycles. The molecule has 2 aliphatic rings. The fourth-order valence-corrected chi connectivity index (χ4v) is 5.78. The molecule has 2 fully saturated rings. The Morgan fingerprint density at radius 1 is 1.33 bits per heavy atom. The van der Waals surface area contributed by atoms with E-state index < -0.39 is 17.5 Å². The van der Waals surface area contributed by atoms with Gasteiger partial charge in [-0.25, -0.2) is 9.18 Å². The van der Waals surface area contributed by atoms with Crippen molar-refractivity contribution in [1.29, 1.82) is 0 Å². The zero-order valence-electron chi connectivity index (χ0n) is 21.7. The molecule has 1 saturated heterocycles. The minimum Gasteiger partial charge on any atom is -0.385 e. The summed E-state index contributed by atoms with van der Waals surface area (Å²) in [5.74, 6) is -0.0158. The van der Waals surface area contributed by atoms with E-state index in [0.717, 1.165) is 6.42 Å². The summed E-state index contributed by atoms with van der Waals surface area (Å²) < 4.78 is 26.2. The largest absolute Gasteiger partial charge is 0.385 e. The van der Waals surface area contributed by atoms with Crippen LogP contribution in [0.5, 0.6) is 0 Å². The van der Waals surface area contributed by atoms with Crippen molar-refractivity contribution >= 4 is 17.6 Å². The number of unbranched alkanes of at least 4 members (excludes halogenated alkanes) is 1. The highest BCUT2D eigenvalue weighted by Gasteiger charge is 2.44. The molecule has 2 amide bonds. The van der Waals surface area contributed by atoms with Crippen molar-refractivity contribution in [1.82, 2.24) is 15.5 Å². The van der Waals surface area contributed by atoms with Gasteiger partial charge >= 0.3 is 6.03 Å². The van der Waals surface area contributed by atoms with Crippen molar-refractivity contribution in [3.8, 4) is 0 Å². The summed E-state index contributed by atoms with van der Waals surface area (Å²) in [5.41, 5.74) is -1.53. The predicted octanol–water partition coefficient (Wildman–Crippen LogP) is 4.45. The van der Waals surface area contributed by atoms with Gasteiger partial charge in [0.05, 0.1) is 18.2 Å². The molecule has 1 unspecified atom stereocenters. The average Bonchev–Trinajstić information content (AvgIpc) is 2.89. The highest BCUT2D eigenvalue weighted by Crippen LogP contribution is 2.37. The van der Waals surface area contributed by atoms with E-state index in [9.17, 15) is 9.90 Å². The molecule has 0 bridgehead atoms. The number of carbonyl (C=O) groups is 1. The number of amides is 2. The molecule has 1 saturated carbocycles. The van der Waals surface area contributed by atoms with Gasteiger partial charge < -0.3 is 30.1 Å². The van der Waals surface area contributed by atoms with Crippen LogP contribution in [0.25, 0.3) is 0 Å². The molecule has 1 aromatic carbocycles. The maximum Gasteiger partial charge on any atom is 0.317 e. The van der Waals surface area contributed by atoms with Crippen LogP contribution in [0.4, 0.5) is 9.18 Å². The molecule has 3 N–H and O–H groups in total. The zero-order chi connectivity index (χ0) is 26.0. The van der Waals surface area contributed by atoms with Crippen LogP contribution in [0.3, 0.4) is 0 Å². The normalized spacial score (nSPS) is 21.7. The van der Waals surface area contributed by atoms with E-state index in [2.05, 4.69) is 10.6 Å². The third-order valence-electron chi connectivity index (χ3n) is 7.58. The van der Waals surface area contributed by atoms with E-state index in [0.29, 0.717) is 38.5 Å². The lowest BCUT2D eigenvalue weighted by Gasteiger charge is -2.43. The molecule has 3 rings (SSSR count). The van der Waals surface area contributed by atoms with Gasteiger partial charge in [0.25, 0.3) is 0 Å². The Hall–Kier alpha value is -1.45. The molecule has 204 valence electrons. The monoisotopic (exact) mass is 527 g/mol. The second kappa shape index (κ2) is 14.5. The number of aliphatic hydroxyl groups is 1. The number of ether oxygens (including phenoxy) is 2. The highest BCUT2D eigenvalue weighted by molar-refractivity contribution is 6.30. The van der Waals surface area contributed by atoms with Crippen LogP contribution in [-0.2, 0) is 15.1 Å². The third-order valence-corrected chi connectivity index (χ3v) is 7.87. The summed E-state index contributed by atoms with van der Waals surface area (Å²) >= 11 is 6.06. The summed E-state index contributed by atoms with van der Waals surface area (Å²) in [6.07, 6.45) is 8.02. The second-order valence-electron chi connectivity index (χ2n) is 10.2. The van der Waals surface area contributed by atoms with Gasteiger partial charge in [0.2, 0.25) is 0 Å². The number of hydrogen-bond donors (Lipinski definition) is 3. The summed E-state index contributed by atoms with van der Waals surface area (Å²) in [6, 6.07) is 4.49. The topological polar surface area (TPSA) is 83.1 Å². The van der Waals surface area contributed by atoms with Gasteiger partial charge in [0.15, 0.2) is 0 Å². The van der Waals surface area contributed by atoms with Crippen molar-refractivity contribution in [2.24, 2.45) is 5.92 Å². The number of halogens is 2. The molecule has 3 atom stereocenters. The maximum absolute atomic E-state index is 15.1. The number of rotatable bonds is 12. The van der Waals surface area contributed by atoms with Crippen LogP contribution >= 0.6 is 11.6 Å². The number of urea groups is 1. The minimum absolute atomic E-state index is 0.0326. The van der Waals surface area contributed by atoms with E-state index in [4.69, 9.17) is 21.1 Å². The maximum atomic E-state index is 15.1. The Labute approximate surface area is 220 Å². The summed E-state index contributed by atoms with van der Waals surface area (Å²) in [4.78, 5) is 15.0. The Morgan fingerprint density at radius 3 is 2.83 bits per heavy atom. The number of hydrogen-bond acceptors (Lipinski definition) is 5. The lowest BCUT2D eigenvalue weighted by atomic mass is 9.82. The highest BCUT2D eigenvalue weighted by atomic mass is 35.5. The molecule has 7 nitrogen and oxygen atoms in total. The molecule has 1 aromatic rings. The number of methoxy groups -OCH3 is 1. The molecule has 0 spiro atoms. The Morgan fingerprint density at radius 2 is 2.11 bits per heavy atom. The van der Waals surface area contributed by atoms with Crippen LogP contribution in [-0.4, -0.2) is 75.2 Å². The molecule has 0 radical (unpaired) electrons. The molecule has 36 heavy (non-hydrogen) atoms. The van der Waals surface area contributed by atoms with Crippen molar-refractivity contribution in [2.45, 2.75) is 75.5 Å².